The molecule has 4 N–H and O–H groups in total. The topological polar surface area (TPSA) is 154 Å². The highest BCUT2D eigenvalue weighted by Gasteiger charge is 2.39. The molecule has 2 atom stereocenters. The molecule has 0 fully saturated rings. The van der Waals surface area contributed by atoms with Gasteiger partial charge in [-0.2, -0.15) is 0 Å². The van der Waals surface area contributed by atoms with Crippen molar-refractivity contribution in [1.82, 2.24) is 0 Å². The molecule has 228 valence electrons. The van der Waals surface area contributed by atoms with Crippen molar-refractivity contribution in [2.24, 2.45) is 0 Å². The number of carbonyl (C=O) groups excluding carboxylic acids is 3. The Bertz CT molecular complexity index is 1260. The summed E-state index contributed by atoms with van der Waals surface area (Å²) in [6.45, 7) is 5.35. The minimum atomic E-state index is -1.66. The molecule has 2 aromatic rings. The minimum absolute atomic E-state index is 0.0105. The standard InChI is InChI=1S/C32H41NO9/c1-3-5-7-11-17-33(18-12-8-6-4-2)21-15-16-24(25(34)19-21)27(36)22-13-9-10-14-23(22)31(39)41-20-26(35)30-28(37)29(38)32(40)42-30/h9-10,13-16,19,26,30,34-35,37-38H,3-8,11-12,17-18,20H2,1-2H3/t26-,30-/m1/s1. The zero-order chi connectivity index (χ0) is 30.6. The number of cyclic esters (lactones) is 1. The molecule has 0 aromatic heterocycles. The zero-order valence-corrected chi connectivity index (χ0v) is 24.3. The molecular weight excluding hydrogens is 542 g/mol. The fourth-order valence-corrected chi connectivity index (χ4v) is 4.80. The SMILES string of the molecule is CCCCCCN(CCCCCC)c1ccc(C(=O)c2ccccc2C(=O)OC[C@@H](O)[C@H]2OC(=O)C(O)=C2O)c(O)c1. The third-order valence-corrected chi connectivity index (χ3v) is 7.22. The molecule has 10 heteroatoms. The van der Waals surface area contributed by atoms with Crippen molar-refractivity contribution in [1.29, 1.82) is 0 Å². The van der Waals surface area contributed by atoms with E-state index >= 15 is 0 Å². The Balaban J connectivity index is 1.73. The number of aliphatic hydroxyl groups is 3. The van der Waals surface area contributed by atoms with Crippen molar-refractivity contribution in [3.05, 3.63) is 70.7 Å². The van der Waals surface area contributed by atoms with Crippen LogP contribution in [0.5, 0.6) is 5.75 Å². The maximum Gasteiger partial charge on any atom is 0.377 e. The molecule has 0 saturated carbocycles. The zero-order valence-electron chi connectivity index (χ0n) is 24.3. The average Bonchev–Trinajstić information content (AvgIpc) is 3.25. The lowest BCUT2D eigenvalue weighted by atomic mass is 9.97. The summed E-state index contributed by atoms with van der Waals surface area (Å²) in [4.78, 5) is 39.9. The van der Waals surface area contributed by atoms with Crippen molar-refractivity contribution < 1.29 is 44.3 Å². The molecule has 0 radical (unpaired) electrons. The monoisotopic (exact) mass is 583 g/mol. The van der Waals surface area contributed by atoms with Crippen molar-refractivity contribution in [2.45, 2.75) is 77.4 Å². The van der Waals surface area contributed by atoms with Gasteiger partial charge in [-0.05, 0) is 31.0 Å². The fourth-order valence-electron chi connectivity index (χ4n) is 4.80. The first kappa shape index (κ1) is 32.5. The summed E-state index contributed by atoms with van der Waals surface area (Å²) in [6.07, 6.45) is 5.70. The van der Waals surface area contributed by atoms with Gasteiger partial charge in [0.1, 0.15) is 18.5 Å². The number of aromatic hydroxyl groups is 1. The van der Waals surface area contributed by atoms with E-state index in [2.05, 4.69) is 23.5 Å². The molecule has 3 rings (SSSR count). The summed E-state index contributed by atoms with van der Waals surface area (Å²) in [5.74, 6) is -4.83. The number of hydrogen-bond donors (Lipinski definition) is 4. The second kappa shape index (κ2) is 15.8. The minimum Gasteiger partial charge on any atom is -0.507 e. The summed E-state index contributed by atoms with van der Waals surface area (Å²) in [5.41, 5.74) is 0.746. The van der Waals surface area contributed by atoms with Gasteiger partial charge in [-0.1, -0.05) is 70.6 Å². The van der Waals surface area contributed by atoms with Crippen molar-refractivity contribution >= 4 is 23.4 Å². The third kappa shape index (κ3) is 8.25. The molecule has 0 amide bonds. The Kier molecular flexibility index (Phi) is 12.2. The second-order valence-electron chi connectivity index (χ2n) is 10.4. The smallest absolute Gasteiger partial charge is 0.377 e. The number of phenolic OH excluding ortho intramolecular Hbond substituents is 1. The lowest BCUT2D eigenvalue weighted by Gasteiger charge is -2.25. The van der Waals surface area contributed by atoms with Crippen molar-refractivity contribution in [2.75, 3.05) is 24.6 Å². The number of aliphatic hydroxyl groups excluding tert-OH is 3. The molecule has 0 unspecified atom stereocenters. The third-order valence-electron chi connectivity index (χ3n) is 7.22. The van der Waals surface area contributed by atoms with Crippen LogP contribution in [0, 0.1) is 0 Å². The summed E-state index contributed by atoms with van der Waals surface area (Å²) in [7, 11) is 0. The van der Waals surface area contributed by atoms with Crippen LogP contribution < -0.4 is 4.90 Å². The quantitative estimate of drug-likeness (QED) is 0.109. The number of benzene rings is 2. The summed E-state index contributed by atoms with van der Waals surface area (Å²) < 4.78 is 9.79. The molecule has 1 aliphatic heterocycles. The number of anilines is 1. The Morgan fingerprint density at radius 2 is 1.50 bits per heavy atom. The molecule has 10 nitrogen and oxygen atoms in total. The van der Waals surface area contributed by atoms with Crippen LogP contribution in [0.2, 0.25) is 0 Å². The lowest BCUT2D eigenvalue weighted by Crippen LogP contribution is -2.33. The normalized spacial score (nSPS) is 15.4. The number of ketones is 1. The molecule has 2 aromatic carbocycles. The van der Waals surface area contributed by atoms with E-state index < -0.39 is 48.1 Å². The van der Waals surface area contributed by atoms with Crippen LogP contribution in [0.15, 0.2) is 54.0 Å². The number of rotatable bonds is 17. The van der Waals surface area contributed by atoms with E-state index in [4.69, 9.17) is 4.74 Å². The van der Waals surface area contributed by atoms with E-state index in [-0.39, 0.29) is 22.4 Å². The van der Waals surface area contributed by atoms with E-state index in [0.717, 1.165) is 57.3 Å². The van der Waals surface area contributed by atoms with Gasteiger partial charge in [0.25, 0.3) is 0 Å². The van der Waals surface area contributed by atoms with Gasteiger partial charge in [-0.15, -0.1) is 0 Å². The van der Waals surface area contributed by atoms with E-state index in [1.807, 2.05) is 6.07 Å². The molecule has 0 saturated heterocycles. The molecule has 1 aliphatic rings. The van der Waals surface area contributed by atoms with Gasteiger partial charge in [-0.3, -0.25) is 4.79 Å². The second-order valence-corrected chi connectivity index (χ2v) is 10.4. The Hall–Kier alpha value is -4.05. The van der Waals surface area contributed by atoms with Crippen LogP contribution in [0.3, 0.4) is 0 Å². The van der Waals surface area contributed by atoms with Gasteiger partial charge in [0.05, 0.1) is 11.1 Å². The largest absolute Gasteiger partial charge is 0.507 e. The highest BCUT2D eigenvalue weighted by Crippen LogP contribution is 2.29. The Morgan fingerprint density at radius 1 is 0.881 bits per heavy atom. The number of phenols is 1. The van der Waals surface area contributed by atoms with Gasteiger partial charge >= 0.3 is 11.9 Å². The summed E-state index contributed by atoms with van der Waals surface area (Å²) >= 11 is 0. The summed E-state index contributed by atoms with van der Waals surface area (Å²) in [6, 6.07) is 10.9. The van der Waals surface area contributed by atoms with Crippen LogP contribution in [0.25, 0.3) is 0 Å². The average molecular weight is 584 g/mol. The van der Waals surface area contributed by atoms with Crippen molar-refractivity contribution in [3.63, 3.8) is 0 Å². The van der Waals surface area contributed by atoms with E-state index in [1.165, 1.54) is 31.0 Å². The van der Waals surface area contributed by atoms with Gasteiger partial charge in [0.15, 0.2) is 17.6 Å². The summed E-state index contributed by atoms with van der Waals surface area (Å²) in [5, 5.41) is 40.3. The predicted octanol–water partition coefficient (Wildman–Crippen LogP) is 5.36. The number of esters is 2. The first-order valence-electron chi connectivity index (χ1n) is 14.6. The van der Waals surface area contributed by atoms with Crippen LogP contribution >= 0.6 is 0 Å². The van der Waals surface area contributed by atoms with Gasteiger partial charge in [-0.25, -0.2) is 9.59 Å². The fraction of sp³-hybridized carbons (Fsp3) is 0.469. The molecule has 1 heterocycles. The number of hydrogen-bond acceptors (Lipinski definition) is 10. The van der Waals surface area contributed by atoms with Gasteiger partial charge in [0.2, 0.25) is 5.76 Å². The Labute approximate surface area is 246 Å². The van der Waals surface area contributed by atoms with Gasteiger partial charge in [0, 0.05) is 30.4 Å². The molecule has 42 heavy (non-hydrogen) atoms. The molecule has 0 bridgehead atoms. The van der Waals surface area contributed by atoms with Crippen LogP contribution in [0.1, 0.15) is 91.5 Å². The Morgan fingerprint density at radius 3 is 2.05 bits per heavy atom. The van der Waals surface area contributed by atoms with Gasteiger partial charge < -0.3 is 34.8 Å². The maximum absolute atomic E-state index is 13.5. The lowest BCUT2D eigenvalue weighted by molar-refractivity contribution is -0.147. The van der Waals surface area contributed by atoms with Crippen LogP contribution in [-0.2, 0) is 14.3 Å². The maximum atomic E-state index is 13.5. The molecular formula is C32H41NO9. The van der Waals surface area contributed by atoms with Crippen LogP contribution in [0.4, 0.5) is 5.69 Å². The highest BCUT2D eigenvalue weighted by atomic mass is 16.6. The number of nitrogens with zero attached hydrogens (tertiary/aromatic N) is 1. The first-order chi connectivity index (χ1) is 20.2. The van der Waals surface area contributed by atoms with Crippen LogP contribution in [-0.4, -0.2) is 70.1 Å². The highest BCUT2D eigenvalue weighted by molar-refractivity contribution is 6.15. The molecule has 0 aliphatic carbocycles. The first-order valence-corrected chi connectivity index (χ1v) is 14.6. The van der Waals surface area contributed by atoms with Crippen molar-refractivity contribution in [3.8, 4) is 5.75 Å². The number of ether oxygens (including phenoxy) is 2. The molecule has 0 spiro atoms. The predicted molar refractivity (Wildman–Crippen MR) is 157 cm³/mol. The van der Waals surface area contributed by atoms with E-state index in [9.17, 15) is 34.8 Å². The number of carbonyl (C=O) groups is 3. The van der Waals surface area contributed by atoms with E-state index in [0.29, 0.717) is 0 Å². The van der Waals surface area contributed by atoms with E-state index in [1.54, 1.807) is 18.2 Å². The number of unbranched alkanes of at least 4 members (excludes halogenated alkanes) is 6.